The predicted octanol–water partition coefficient (Wildman–Crippen LogP) is 2.20. The lowest BCUT2D eigenvalue weighted by Crippen LogP contribution is -2.37. The van der Waals surface area contributed by atoms with Gasteiger partial charge in [0.15, 0.2) is 11.5 Å². The van der Waals surface area contributed by atoms with Crippen LogP contribution < -0.4 is 14.8 Å². The van der Waals surface area contributed by atoms with Crippen LogP contribution in [0.5, 0.6) is 11.5 Å². The Hall–Kier alpha value is -2.64. The van der Waals surface area contributed by atoms with Gasteiger partial charge < -0.3 is 14.8 Å². The summed E-state index contributed by atoms with van der Waals surface area (Å²) in [5.74, 6) is 1.58. The first-order chi connectivity index (χ1) is 12.7. The van der Waals surface area contributed by atoms with Gasteiger partial charge in [0.25, 0.3) is 0 Å². The Kier molecular flexibility index (Phi) is 6.04. The molecule has 0 saturated heterocycles. The number of ether oxygens (including phenoxy) is 2. The van der Waals surface area contributed by atoms with E-state index < -0.39 is 0 Å². The zero-order valence-corrected chi connectivity index (χ0v) is 15.3. The molecular formula is C18H25N5O3. The number of nitrogens with one attached hydrogen (secondary N) is 1. The van der Waals surface area contributed by atoms with E-state index in [0.717, 1.165) is 18.4 Å². The number of hydrogen-bond donors (Lipinski definition) is 1. The highest BCUT2D eigenvalue weighted by Gasteiger charge is 2.16. The van der Waals surface area contributed by atoms with Gasteiger partial charge in [-0.1, -0.05) is 25.7 Å². The van der Waals surface area contributed by atoms with Crippen LogP contribution in [-0.2, 0) is 11.3 Å². The van der Waals surface area contributed by atoms with Crippen molar-refractivity contribution in [2.75, 3.05) is 14.2 Å². The minimum absolute atomic E-state index is 0.0663. The third-order valence-electron chi connectivity index (χ3n) is 4.60. The summed E-state index contributed by atoms with van der Waals surface area (Å²) >= 11 is 0. The highest BCUT2D eigenvalue weighted by atomic mass is 16.5. The summed E-state index contributed by atoms with van der Waals surface area (Å²) in [6, 6.07) is 5.66. The van der Waals surface area contributed by atoms with E-state index in [9.17, 15) is 4.79 Å². The third-order valence-corrected chi connectivity index (χ3v) is 4.60. The number of hydrogen-bond acceptors (Lipinski definition) is 6. The molecule has 0 atom stereocenters. The topological polar surface area (TPSA) is 91.2 Å². The molecule has 0 aliphatic heterocycles. The number of carbonyl (C=O) groups excluding carboxylic acids is 1. The Bertz CT molecular complexity index is 738. The van der Waals surface area contributed by atoms with Crippen LogP contribution in [0.15, 0.2) is 18.2 Å². The molecule has 0 radical (unpaired) electrons. The van der Waals surface area contributed by atoms with Gasteiger partial charge in [-0.05, 0) is 36.3 Å². The molecule has 8 heteroatoms. The lowest BCUT2D eigenvalue weighted by molar-refractivity contribution is -0.122. The molecule has 1 fully saturated rings. The zero-order valence-electron chi connectivity index (χ0n) is 15.3. The zero-order chi connectivity index (χ0) is 18.4. The summed E-state index contributed by atoms with van der Waals surface area (Å²) in [5, 5.41) is 15.4. The second-order valence-corrected chi connectivity index (χ2v) is 6.47. The molecule has 1 heterocycles. The molecular weight excluding hydrogens is 334 g/mol. The molecule has 1 amide bonds. The summed E-state index contributed by atoms with van der Waals surface area (Å²) in [5.41, 5.74) is 0.748. The lowest BCUT2D eigenvalue weighted by Gasteiger charge is -2.15. The molecule has 0 unspecified atom stereocenters. The second kappa shape index (κ2) is 8.64. The minimum Gasteiger partial charge on any atom is -0.493 e. The largest absolute Gasteiger partial charge is 0.493 e. The fraction of sp³-hybridized carbons (Fsp3) is 0.556. The summed E-state index contributed by atoms with van der Waals surface area (Å²) in [6.45, 7) is 0.0663. The third kappa shape index (κ3) is 4.50. The first-order valence-corrected chi connectivity index (χ1v) is 8.99. The Morgan fingerprint density at radius 3 is 2.58 bits per heavy atom. The first kappa shape index (κ1) is 18.2. The maximum atomic E-state index is 12.2. The molecule has 1 saturated carbocycles. The number of amides is 1. The number of benzene rings is 1. The van der Waals surface area contributed by atoms with Gasteiger partial charge in [-0.15, -0.1) is 10.2 Å². The average Bonchev–Trinajstić information content (AvgIpc) is 2.96. The lowest BCUT2D eigenvalue weighted by atomic mass is 10.1. The molecule has 0 bridgehead atoms. The van der Waals surface area contributed by atoms with Crippen LogP contribution in [0.1, 0.15) is 38.5 Å². The van der Waals surface area contributed by atoms with Crippen molar-refractivity contribution in [1.82, 2.24) is 25.5 Å². The van der Waals surface area contributed by atoms with Crippen LogP contribution in [0.3, 0.4) is 0 Å². The van der Waals surface area contributed by atoms with E-state index in [-0.39, 0.29) is 18.5 Å². The Balaban J connectivity index is 1.63. The van der Waals surface area contributed by atoms with Crippen molar-refractivity contribution in [2.24, 2.45) is 0 Å². The minimum atomic E-state index is -0.0758. The summed E-state index contributed by atoms with van der Waals surface area (Å²) in [4.78, 5) is 13.6. The molecule has 1 aromatic carbocycles. The van der Waals surface area contributed by atoms with Crippen LogP contribution in [0.25, 0.3) is 11.4 Å². The molecule has 0 spiro atoms. The SMILES string of the molecule is COc1ccc(-c2nnn(CC(=O)NC3CCCCCC3)n2)cc1OC. The molecule has 26 heavy (non-hydrogen) atoms. The fourth-order valence-electron chi connectivity index (χ4n) is 3.23. The monoisotopic (exact) mass is 359 g/mol. The van der Waals surface area contributed by atoms with Gasteiger partial charge in [0, 0.05) is 11.6 Å². The molecule has 1 aliphatic rings. The summed E-state index contributed by atoms with van der Waals surface area (Å²) < 4.78 is 10.5. The number of aromatic nitrogens is 4. The Labute approximate surface area is 152 Å². The highest BCUT2D eigenvalue weighted by molar-refractivity contribution is 5.75. The van der Waals surface area contributed by atoms with Gasteiger partial charge in [0.2, 0.25) is 11.7 Å². The molecule has 1 N–H and O–H groups in total. The molecule has 1 aromatic heterocycles. The maximum Gasteiger partial charge on any atom is 0.243 e. The Morgan fingerprint density at radius 2 is 1.88 bits per heavy atom. The number of rotatable bonds is 6. The van der Waals surface area contributed by atoms with E-state index in [1.165, 1.54) is 30.5 Å². The van der Waals surface area contributed by atoms with Crippen LogP contribution in [0, 0.1) is 0 Å². The quantitative estimate of drug-likeness (QED) is 0.795. The van der Waals surface area contributed by atoms with Gasteiger partial charge >= 0.3 is 0 Å². The van der Waals surface area contributed by atoms with Gasteiger partial charge in [-0.2, -0.15) is 4.80 Å². The number of methoxy groups -OCH3 is 2. The standard InChI is InChI=1S/C18H25N5O3/c1-25-15-10-9-13(11-16(15)26-2)18-20-22-23(21-18)12-17(24)19-14-7-5-3-4-6-8-14/h9-11,14H,3-8,12H2,1-2H3,(H,19,24). The van der Waals surface area contributed by atoms with Gasteiger partial charge in [-0.25, -0.2) is 0 Å². The van der Waals surface area contributed by atoms with E-state index in [0.29, 0.717) is 17.3 Å². The van der Waals surface area contributed by atoms with Gasteiger partial charge in [0.05, 0.1) is 14.2 Å². The number of carbonyl (C=O) groups is 1. The van der Waals surface area contributed by atoms with E-state index in [4.69, 9.17) is 9.47 Å². The van der Waals surface area contributed by atoms with Crippen LogP contribution in [0.2, 0.25) is 0 Å². The van der Waals surface area contributed by atoms with Crippen molar-refractivity contribution in [2.45, 2.75) is 51.1 Å². The maximum absolute atomic E-state index is 12.2. The average molecular weight is 359 g/mol. The van der Waals surface area contributed by atoms with Crippen LogP contribution >= 0.6 is 0 Å². The van der Waals surface area contributed by atoms with Crippen molar-refractivity contribution in [3.05, 3.63) is 18.2 Å². The molecule has 1 aliphatic carbocycles. The molecule has 2 aromatic rings. The smallest absolute Gasteiger partial charge is 0.243 e. The van der Waals surface area contributed by atoms with Crippen LogP contribution in [-0.4, -0.2) is 46.4 Å². The van der Waals surface area contributed by atoms with Gasteiger partial charge in [0.1, 0.15) is 6.54 Å². The van der Waals surface area contributed by atoms with Crippen molar-refractivity contribution in [3.63, 3.8) is 0 Å². The molecule has 3 rings (SSSR count). The van der Waals surface area contributed by atoms with E-state index >= 15 is 0 Å². The highest BCUT2D eigenvalue weighted by Crippen LogP contribution is 2.30. The van der Waals surface area contributed by atoms with Crippen LogP contribution in [0.4, 0.5) is 0 Å². The number of nitrogens with zero attached hydrogens (tertiary/aromatic N) is 4. The fourth-order valence-corrected chi connectivity index (χ4v) is 3.23. The Morgan fingerprint density at radius 1 is 1.15 bits per heavy atom. The normalized spacial score (nSPS) is 15.3. The second-order valence-electron chi connectivity index (χ2n) is 6.47. The number of tetrazole rings is 1. The van der Waals surface area contributed by atoms with Crippen molar-refractivity contribution >= 4 is 5.91 Å². The summed E-state index contributed by atoms with van der Waals surface area (Å²) in [6.07, 6.45) is 6.96. The summed E-state index contributed by atoms with van der Waals surface area (Å²) in [7, 11) is 3.16. The molecule has 8 nitrogen and oxygen atoms in total. The van der Waals surface area contributed by atoms with Crippen molar-refractivity contribution in [1.29, 1.82) is 0 Å². The van der Waals surface area contributed by atoms with E-state index in [2.05, 4.69) is 20.7 Å². The first-order valence-electron chi connectivity index (χ1n) is 8.99. The van der Waals surface area contributed by atoms with E-state index in [1.54, 1.807) is 26.4 Å². The van der Waals surface area contributed by atoms with Gasteiger partial charge in [-0.3, -0.25) is 4.79 Å². The predicted molar refractivity (Wildman–Crippen MR) is 96.0 cm³/mol. The van der Waals surface area contributed by atoms with Crippen molar-refractivity contribution < 1.29 is 14.3 Å². The molecule has 140 valence electrons. The van der Waals surface area contributed by atoms with Crippen molar-refractivity contribution in [3.8, 4) is 22.9 Å². The van der Waals surface area contributed by atoms with E-state index in [1.807, 2.05) is 6.07 Å².